The minimum Gasteiger partial charge on any atom is -0.399 e. The van der Waals surface area contributed by atoms with Gasteiger partial charge in [-0.05, 0) is 93.8 Å². The number of benzene rings is 6. The first-order valence-electron chi connectivity index (χ1n) is 13.0. The lowest BCUT2D eigenvalue weighted by molar-refractivity contribution is 0.00578. The SMILES string of the molecule is CC1(C)OB(c2ccc3ccc4c(-c5cccc(-c6ccccc6)c5)ccc5ccc2c3c54)OC1(C)C. The first kappa shape index (κ1) is 22.5. The van der Waals surface area contributed by atoms with Gasteiger partial charge in [-0.15, -0.1) is 0 Å². The summed E-state index contributed by atoms with van der Waals surface area (Å²) >= 11 is 0. The molecule has 6 aromatic rings. The van der Waals surface area contributed by atoms with E-state index in [9.17, 15) is 0 Å². The Labute approximate surface area is 218 Å². The topological polar surface area (TPSA) is 18.5 Å². The zero-order chi connectivity index (χ0) is 25.4. The molecule has 0 radical (unpaired) electrons. The summed E-state index contributed by atoms with van der Waals surface area (Å²) in [6.45, 7) is 8.44. The van der Waals surface area contributed by atoms with Crippen molar-refractivity contribution in [3.63, 3.8) is 0 Å². The van der Waals surface area contributed by atoms with Crippen molar-refractivity contribution in [2.24, 2.45) is 0 Å². The van der Waals surface area contributed by atoms with Crippen molar-refractivity contribution in [2.75, 3.05) is 0 Å². The van der Waals surface area contributed by atoms with Crippen molar-refractivity contribution < 1.29 is 9.31 Å². The smallest absolute Gasteiger partial charge is 0.399 e. The van der Waals surface area contributed by atoms with Crippen LogP contribution in [0.2, 0.25) is 0 Å². The molecule has 1 saturated heterocycles. The first-order valence-corrected chi connectivity index (χ1v) is 13.0. The molecule has 0 unspecified atom stereocenters. The lowest BCUT2D eigenvalue weighted by Crippen LogP contribution is -2.41. The van der Waals surface area contributed by atoms with E-state index >= 15 is 0 Å². The Morgan fingerprint density at radius 3 is 1.81 bits per heavy atom. The van der Waals surface area contributed by atoms with Crippen LogP contribution in [-0.4, -0.2) is 18.3 Å². The molecule has 7 rings (SSSR count). The van der Waals surface area contributed by atoms with Crippen LogP contribution in [0.5, 0.6) is 0 Å². The molecule has 1 aliphatic rings. The van der Waals surface area contributed by atoms with Crippen LogP contribution in [0.4, 0.5) is 0 Å². The summed E-state index contributed by atoms with van der Waals surface area (Å²) in [5.74, 6) is 0. The van der Waals surface area contributed by atoms with Crippen molar-refractivity contribution >= 4 is 44.9 Å². The summed E-state index contributed by atoms with van der Waals surface area (Å²) in [5.41, 5.74) is 5.28. The Kier molecular flexibility index (Phi) is 4.82. The number of rotatable bonds is 3. The molecule has 1 heterocycles. The highest BCUT2D eigenvalue weighted by Crippen LogP contribution is 2.41. The molecule has 0 amide bonds. The van der Waals surface area contributed by atoms with Crippen molar-refractivity contribution in [1.82, 2.24) is 0 Å². The molecule has 37 heavy (non-hydrogen) atoms. The molecule has 3 heteroatoms. The van der Waals surface area contributed by atoms with Gasteiger partial charge in [-0.25, -0.2) is 0 Å². The van der Waals surface area contributed by atoms with Crippen molar-refractivity contribution in [1.29, 1.82) is 0 Å². The largest absolute Gasteiger partial charge is 0.495 e. The van der Waals surface area contributed by atoms with E-state index in [0.717, 1.165) is 5.46 Å². The molecule has 2 nitrogen and oxygen atoms in total. The fourth-order valence-electron chi connectivity index (χ4n) is 5.75. The quantitative estimate of drug-likeness (QED) is 0.188. The van der Waals surface area contributed by atoms with E-state index in [0.29, 0.717) is 0 Å². The third-order valence-electron chi connectivity index (χ3n) is 8.49. The Balaban J connectivity index is 1.44. The molecular formula is C34H29BO2. The van der Waals surface area contributed by atoms with Crippen molar-refractivity contribution in [3.05, 3.63) is 103 Å². The van der Waals surface area contributed by atoms with Crippen LogP contribution >= 0.6 is 0 Å². The molecule has 0 saturated carbocycles. The maximum Gasteiger partial charge on any atom is 0.495 e. The summed E-state index contributed by atoms with van der Waals surface area (Å²) < 4.78 is 12.9. The summed E-state index contributed by atoms with van der Waals surface area (Å²) in [4.78, 5) is 0. The van der Waals surface area contributed by atoms with Gasteiger partial charge in [-0.3, -0.25) is 0 Å². The van der Waals surface area contributed by atoms with Crippen molar-refractivity contribution in [3.8, 4) is 22.3 Å². The van der Waals surface area contributed by atoms with Crippen LogP contribution in [0.1, 0.15) is 27.7 Å². The maximum atomic E-state index is 6.47. The maximum absolute atomic E-state index is 6.47. The second-order valence-corrected chi connectivity index (χ2v) is 11.2. The van der Waals surface area contributed by atoms with Crippen LogP contribution in [-0.2, 0) is 9.31 Å². The Hall–Kier alpha value is -3.66. The van der Waals surface area contributed by atoms with E-state index in [-0.39, 0.29) is 11.2 Å². The average Bonchev–Trinajstić information content (AvgIpc) is 3.13. The molecule has 1 aliphatic heterocycles. The Morgan fingerprint density at radius 1 is 0.514 bits per heavy atom. The molecule has 1 fully saturated rings. The molecule has 0 spiro atoms. The minimum atomic E-state index is -0.392. The fourth-order valence-corrected chi connectivity index (χ4v) is 5.75. The van der Waals surface area contributed by atoms with Gasteiger partial charge in [0.1, 0.15) is 0 Å². The van der Waals surface area contributed by atoms with Crippen LogP contribution in [0, 0.1) is 0 Å². The van der Waals surface area contributed by atoms with Crippen LogP contribution in [0.15, 0.2) is 103 Å². The van der Waals surface area contributed by atoms with Crippen LogP contribution in [0.25, 0.3) is 54.6 Å². The van der Waals surface area contributed by atoms with E-state index in [1.165, 1.54) is 54.6 Å². The van der Waals surface area contributed by atoms with E-state index < -0.39 is 7.12 Å². The normalized spacial score (nSPS) is 16.8. The van der Waals surface area contributed by atoms with Gasteiger partial charge < -0.3 is 9.31 Å². The molecular weight excluding hydrogens is 451 g/mol. The van der Waals surface area contributed by atoms with E-state index in [1.807, 2.05) is 0 Å². The molecule has 0 aliphatic carbocycles. The predicted molar refractivity (Wildman–Crippen MR) is 157 cm³/mol. The van der Waals surface area contributed by atoms with Crippen LogP contribution in [0.3, 0.4) is 0 Å². The lowest BCUT2D eigenvalue weighted by Gasteiger charge is -2.32. The highest BCUT2D eigenvalue weighted by atomic mass is 16.7. The number of hydrogen-bond donors (Lipinski definition) is 0. The van der Waals surface area contributed by atoms with Gasteiger partial charge in [0.05, 0.1) is 11.2 Å². The van der Waals surface area contributed by atoms with Gasteiger partial charge in [-0.2, -0.15) is 0 Å². The Bertz CT molecular complexity index is 1770. The monoisotopic (exact) mass is 480 g/mol. The zero-order valence-electron chi connectivity index (χ0n) is 21.7. The molecule has 180 valence electrons. The lowest BCUT2D eigenvalue weighted by atomic mass is 9.74. The highest BCUT2D eigenvalue weighted by molar-refractivity contribution is 6.65. The van der Waals surface area contributed by atoms with E-state index in [2.05, 4.69) is 131 Å². The van der Waals surface area contributed by atoms with E-state index in [1.54, 1.807) is 0 Å². The minimum absolute atomic E-state index is 0.376. The average molecular weight is 480 g/mol. The second kappa shape index (κ2) is 7.92. The van der Waals surface area contributed by atoms with E-state index in [4.69, 9.17) is 9.31 Å². The Morgan fingerprint density at radius 2 is 1.08 bits per heavy atom. The third kappa shape index (κ3) is 3.42. The zero-order valence-corrected chi connectivity index (χ0v) is 21.7. The van der Waals surface area contributed by atoms with Gasteiger partial charge in [0.15, 0.2) is 0 Å². The molecule has 0 atom stereocenters. The van der Waals surface area contributed by atoms with Gasteiger partial charge in [-0.1, -0.05) is 97.1 Å². The fraction of sp³-hybridized carbons (Fsp3) is 0.176. The summed E-state index contributed by atoms with van der Waals surface area (Å²) in [6.07, 6.45) is 0. The third-order valence-corrected chi connectivity index (χ3v) is 8.49. The van der Waals surface area contributed by atoms with Gasteiger partial charge in [0.2, 0.25) is 0 Å². The summed E-state index contributed by atoms with van der Waals surface area (Å²) in [7, 11) is -0.392. The number of hydrogen-bond acceptors (Lipinski definition) is 2. The van der Waals surface area contributed by atoms with Gasteiger partial charge in [0, 0.05) is 0 Å². The standard InChI is InChI=1S/C34H29BO2/c1-33(2)34(3,4)37-35(36-33)30-20-16-24-14-18-28-27(17-13-23-15-19-29(30)32(24)31(23)28)26-12-8-11-25(21-26)22-9-6-5-7-10-22/h5-21H,1-4H3. The molecule has 0 N–H and O–H groups in total. The molecule has 6 aromatic carbocycles. The summed E-state index contributed by atoms with van der Waals surface area (Å²) in [5, 5.41) is 7.54. The van der Waals surface area contributed by atoms with Gasteiger partial charge >= 0.3 is 7.12 Å². The molecule has 0 aromatic heterocycles. The predicted octanol–water partition coefficient (Wildman–Crippen LogP) is 8.22. The van der Waals surface area contributed by atoms with Gasteiger partial charge in [0.25, 0.3) is 0 Å². The summed E-state index contributed by atoms with van der Waals surface area (Å²) in [6, 6.07) is 37.4. The second-order valence-electron chi connectivity index (χ2n) is 11.2. The van der Waals surface area contributed by atoms with Crippen molar-refractivity contribution in [2.45, 2.75) is 38.9 Å². The highest BCUT2D eigenvalue weighted by Gasteiger charge is 2.52. The van der Waals surface area contributed by atoms with Crippen LogP contribution < -0.4 is 5.46 Å². The first-order chi connectivity index (χ1) is 17.8. The molecule has 0 bridgehead atoms.